The fourth-order valence-electron chi connectivity index (χ4n) is 0.693. The predicted molar refractivity (Wildman–Crippen MR) is 44.8 cm³/mol. The van der Waals surface area contributed by atoms with Crippen molar-refractivity contribution in [2.75, 3.05) is 0 Å². The number of rotatable bonds is 2. The van der Waals surface area contributed by atoms with Crippen molar-refractivity contribution in [1.82, 2.24) is 0 Å². The first-order valence-corrected chi connectivity index (χ1v) is 4.26. The minimum absolute atomic E-state index is 0.0247. The summed E-state index contributed by atoms with van der Waals surface area (Å²) in [6.07, 6.45) is -0.0940. The SMILES string of the molecule is CC(C)OC1=C(Cl)C(Cl)C(=O)O1. The van der Waals surface area contributed by atoms with E-state index in [1.807, 2.05) is 0 Å². The molecule has 0 aromatic rings. The van der Waals surface area contributed by atoms with Crippen LogP contribution in [-0.2, 0) is 14.3 Å². The number of halogens is 2. The van der Waals surface area contributed by atoms with Gasteiger partial charge in [0.15, 0.2) is 5.38 Å². The molecule has 1 unspecified atom stereocenters. The Morgan fingerprint density at radius 3 is 2.50 bits per heavy atom. The lowest BCUT2D eigenvalue weighted by atomic mass is 10.4. The van der Waals surface area contributed by atoms with E-state index in [-0.39, 0.29) is 17.1 Å². The summed E-state index contributed by atoms with van der Waals surface area (Å²) in [7, 11) is 0. The van der Waals surface area contributed by atoms with E-state index < -0.39 is 11.3 Å². The maximum Gasteiger partial charge on any atom is 0.337 e. The van der Waals surface area contributed by atoms with Crippen LogP contribution in [0.5, 0.6) is 0 Å². The second-order valence-corrected chi connectivity index (χ2v) is 3.43. The van der Waals surface area contributed by atoms with Gasteiger partial charge in [-0.2, -0.15) is 0 Å². The molecule has 0 N–H and O–H groups in total. The molecule has 0 saturated carbocycles. The number of carbonyl (C=O) groups is 1. The minimum atomic E-state index is -0.916. The van der Waals surface area contributed by atoms with Gasteiger partial charge < -0.3 is 9.47 Å². The molecule has 0 saturated heterocycles. The van der Waals surface area contributed by atoms with E-state index in [4.69, 9.17) is 27.9 Å². The fraction of sp³-hybridized carbons (Fsp3) is 0.571. The maximum absolute atomic E-state index is 10.8. The van der Waals surface area contributed by atoms with Crippen molar-refractivity contribution < 1.29 is 14.3 Å². The number of cyclic esters (lactones) is 1. The smallest absolute Gasteiger partial charge is 0.337 e. The highest BCUT2D eigenvalue weighted by Crippen LogP contribution is 2.29. The second-order valence-electron chi connectivity index (χ2n) is 2.59. The highest BCUT2D eigenvalue weighted by molar-refractivity contribution is 6.44. The Balaban J connectivity index is 2.71. The van der Waals surface area contributed by atoms with Gasteiger partial charge in [0, 0.05) is 0 Å². The Morgan fingerprint density at radius 1 is 1.58 bits per heavy atom. The maximum atomic E-state index is 10.8. The molecule has 0 aromatic carbocycles. The molecule has 5 heteroatoms. The molecule has 0 spiro atoms. The van der Waals surface area contributed by atoms with E-state index in [1.54, 1.807) is 13.8 Å². The van der Waals surface area contributed by atoms with Crippen LogP contribution in [0.1, 0.15) is 13.8 Å². The molecule has 12 heavy (non-hydrogen) atoms. The summed E-state index contributed by atoms with van der Waals surface area (Å²) in [4.78, 5) is 10.8. The quantitative estimate of drug-likeness (QED) is 0.517. The Morgan fingerprint density at radius 2 is 2.17 bits per heavy atom. The van der Waals surface area contributed by atoms with Crippen LogP contribution in [0.2, 0.25) is 0 Å². The Hall–Kier alpha value is -0.410. The van der Waals surface area contributed by atoms with Gasteiger partial charge >= 0.3 is 11.9 Å². The molecule has 0 amide bonds. The molecule has 0 radical (unpaired) electrons. The van der Waals surface area contributed by atoms with Crippen molar-refractivity contribution in [2.24, 2.45) is 0 Å². The average Bonchev–Trinajstić information content (AvgIpc) is 2.17. The van der Waals surface area contributed by atoms with Crippen LogP contribution in [0.4, 0.5) is 0 Å². The van der Waals surface area contributed by atoms with Gasteiger partial charge in [-0.3, -0.25) is 0 Å². The number of esters is 1. The molecular weight excluding hydrogens is 203 g/mol. The third kappa shape index (κ3) is 1.84. The normalized spacial score (nSPS) is 23.4. The van der Waals surface area contributed by atoms with Gasteiger partial charge in [0.25, 0.3) is 0 Å². The zero-order valence-electron chi connectivity index (χ0n) is 6.64. The van der Waals surface area contributed by atoms with E-state index in [0.29, 0.717) is 0 Å². The highest BCUT2D eigenvalue weighted by Gasteiger charge is 2.35. The lowest BCUT2D eigenvalue weighted by molar-refractivity contribution is -0.141. The van der Waals surface area contributed by atoms with E-state index in [1.165, 1.54) is 0 Å². The van der Waals surface area contributed by atoms with Crippen LogP contribution in [0.3, 0.4) is 0 Å². The molecule has 0 aromatic heterocycles. The molecule has 0 bridgehead atoms. The van der Waals surface area contributed by atoms with Crippen molar-refractivity contribution >= 4 is 29.2 Å². The van der Waals surface area contributed by atoms with Gasteiger partial charge in [-0.25, -0.2) is 4.79 Å². The zero-order chi connectivity index (χ0) is 9.30. The van der Waals surface area contributed by atoms with E-state index >= 15 is 0 Å². The Labute approximate surface area is 80.2 Å². The molecule has 1 atom stereocenters. The topological polar surface area (TPSA) is 35.5 Å². The summed E-state index contributed by atoms with van der Waals surface area (Å²) in [6.45, 7) is 3.60. The number of hydrogen-bond acceptors (Lipinski definition) is 3. The monoisotopic (exact) mass is 210 g/mol. The number of alkyl halides is 1. The molecule has 1 aliphatic heterocycles. The summed E-state index contributed by atoms with van der Waals surface area (Å²) < 4.78 is 9.74. The van der Waals surface area contributed by atoms with Crippen molar-refractivity contribution in [1.29, 1.82) is 0 Å². The van der Waals surface area contributed by atoms with E-state index in [0.717, 1.165) is 0 Å². The van der Waals surface area contributed by atoms with Crippen LogP contribution < -0.4 is 0 Å². The lowest BCUT2D eigenvalue weighted by Gasteiger charge is -2.08. The van der Waals surface area contributed by atoms with Crippen molar-refractivity contribution in [3.63, 3.8) is 0 Å². The van der Waals surface area contributed by atoms with E-state index in [9.17, 15) is 4.79 Å². The van der Waals surface area contributed by atoms with Gasteiger partial charge in [0.05, 0.1) is 6.10 Å². The molecule has 3 nitrogen and oxygen atoms in total. The second kappa shape index (κ2) is 3.54. The molecular formula is C7H8Cl2O3. The Bertz CT molecular complexity index is 235. The van der Waals surface area contributed by atoms with Crippen LogP contribution in [0.25, 0.3) is 0 Å². The molecule has 68 valence electrons. The van der Waals surface area contributed by atoms with Crippen LogP contribution in [0, 0.1) is 0 Å². The summed E-state index contributed by atoms with van der Waals surface area (Å²) >= 11 is 11.2. The minimum Gasteiger partial charge on any atom is -0.461 e. The summed E-state index contributed by atoms with van der Waals surface area (Å²) in [5.41, 5.74) is 0. The summed E-state index contributed by atoms with van der Waals surface area (Å²) in [6, 6.07) is 0. The van der Waals surface area contributed by atoms with Gasteiger partial charge in [-0.15, -0.1) is 11.6 Å². The third-order valence-electron chi connectivity index (χ3n) is 1.16. The van der Waals surface area contributed by atoms with Crippen molar-refractivity contribution in [3.8, 4) is 0 Å². The number of ether oxygens (including phenoxy) is 2. The largest absolute Gasteiger partial charge is 0.461 e. The fourth-order valence-corrected chi connectivity index (χ4v) is 0.999. The molecule has 1 aliphatic rings. The number of carbonyl (C=O) groups excluding carboxylic acids is 1. The summed E-state index contributed by atoms with van der Waals surface area (Å²) in [5.74, 6) is -0.561. The van der Waals surface area contributed by atoms with Gasteiger partial charge in [0.1, 0.15) is 5.03 Å². The average molecular weight is 211 g/mol. The van der Waals surface area contributed by atoms with Gasteiger partial charge in [-0.05, 0) is 13.8 Å². The molecule has 0 aliphatic carbocycles. The predicted octanol–water partition coefficient (Wildman–Crippen LogP) is 1.98. The Kier molecular flexibility index (Phi) is 2.85. The van der Waals surface area contributed by atoms with Gasteiger partial charge in [-0.1, -0.05) is 11.6 Å². The van der Waals surface area contributed by atoms with Gasteiger partial charge in [0.2, 0.25) is 0 Å². The van der Waals surface area contributed by atoms with Crippen LogP contribution in [0.15, 0.2) is 11.0 Å². The first-order chi connectivity index (χ1) is 5.52. The molecule has 1 rings (SSSR count). The lowest BCUT2D eigenvalue weighted by Crippen LogP contribution is -2.08. The standard InChI is InChI=1S/C7H8Cl2O3/c1-3(2)11-7-5(9)4(8)6(10)12-7/h3-4H,1-2H3. The highest BCUT2D eigenvalue weighted by atomic mass is 35.5. The molecule has 0 fully saturated rings. The van der Waals surface area contributed by atoms with E-state index in [2.05, 4.69) is 4.74 Å². The molecule has 1 heterocycles. The van der Waals surface area contributed by atoms with Crippen LogP contribution >= 0.6 is 23.2 Å². The zero-order valence-corrected chi connectivity index (χ0v) is 8.15. The first kappa shape index (κ1) is 9.68. The summed E-state index contributed by atoms with van der Waals surface area (Å²) in [5, 5.41) is -0.796. The first-order valence-electron chi connectivity index (χ1n) is 3.44. The van der Waals surface area contributed by atoms with Crippen molar-refractivity contribution in [3.05, 3.63) is 11.0 Å². The number of hydrogen-bond donors (Lipinski definition) is 0. The van der Waals surface area contributed by atoms with Crippen molar-refractivity contribution in [2.45, 2.75) is 25.3 Å². The van der Waals surface area contributed by atoms with Crippen LogP contribution in [-0.4, -0.2) is 17.5 Å². The third-order valence-corrected chi connectivity index (χ3v) is 2.04.